The van der Waals surface area contributed by atoms with Gasteiger partial charge in [-0.15, -0.1) is 0 Å². The average molecular weight is 311 g/mol. The third-order valence-electron chi connectivity index (χ3n) is 3.78. The first-order valence-electron chi connectivity index (χ1n) is 7.43. The van der Waals surface area contributed by atoms with Gasteiger partial charge in [0.2, 0.25) is 0 Å². The highest BCUT2D eigenvalue weighted by Crippen LogP contribution is 2.16. The van der Waals surface area contributed by atoms with E-state index in [9.17, 15) is 9.59 Å². The number of nitrogens with one attached hydrogen (secondary N) is 1. The maximum atomic E-state index is 12.4. The Balaban J connectivity index is 1.94. The number of amides is 1. The van der Waals surface area contributed by atoms with Crippen LogP contribution in [-0.4, -0.2) is 25.1 Å². The Hall–Kier alpha value is -2.96. The predicted molar refractivity (Wildman–Crippen MR) is 86.6 cm³/mol. The molecule has 1 amide bonds. The summed E-state index contributed by atoms with van der Waals surface area (Å²) in [7, 11) is 0. The van der Waals surface area contributed by atoms with Crippen LogP contribution in [0, 0.1) is 0 Å². The number of nitrogens with zero attached hydrogens (tertiary/aromatic N) is 4. The van der Waals surface area contributed by atoms with Crippen molar-refractivity contribution in [1.82, 2.24) is 19.2 Å². The van der Waals surface area contributed by atoms with Gasteiger partial charge in [0, 0.05) is 18.5 Å². The molecule has 3 heterocycles. The third-order valence-corrected chi connectivity index (χ3v) is 3.78. The largest absolute Gasteiger partial charge is 0.307 e. The van der Waals surface area contributed by atoms with Gasteiger partial charge in [0.1, 0.15) is 17.0 Å². The van der Waals surface area contributed by atoms with Crippen molar-refractivity contribution in [3.05, 3.63) is 58.8 Å². The molecule has 3 aromatic rings. The summed E-state index contributed by atoms with van der Waals surface area (Å²) in [5.41, 5.74) is 0.0898. The summed E-state index contributed by atoms with van der Waals surface area (Å²) >= 11 is 0. The number of hydrogen-bond acceptors (Lipinski definition) is 4. The molecule has 0 spiro atoms. The van der Waals surface area contributed by atoms with Gasteiger partial charge in [-0.3, -0.25) is 14.0 Å². The second kappa shape index (κ2) is 6.04. The lowest BCUT2D eigenvalue weighted by Gasteiger charge is -2.14. The van der Waals surface area contributed by atoms with Crippen molar-refractivity contribution in [3.8, 4) is 0 Å². The molecule has 1 unspecified atom stereocenters. The molecule has 1 N–H and O–H groups in total. The Morgan fingerprint density at radius 2 is 2.17 bits per heavy atom. The molecule has 0 aliphatic heterocycles. The summed E-state index contributed by atoms with van der Waals surface area (Å²) in [5.74, 6) is 0.0627. The summed E-state index contributed by atoms with van der Waals surface area (Å²) in [6, 6.07) is 7.07. The van der Waals surface area contributed by atoms with E-state index < -0.39 is 11.5 Å². The summed E-state index contributed by atoms with van der Waals surface area (Å²) in [6.07, 6.45) is 5.39. The molecule has 3 aromatic heterocycles. The Morgan fingerprint density at radius 1 is 1.35 bits per heavy atom. The van der Waals surface area contributed by atoms with Crippen molar-refractivity contribution in [2.45, 2.75) is 26.3 Å². The third kappa shape index (κ3) is 2.73. The molecule has 0 radical (unpaired) electrons. The van der Waals surface area contributed by atoms with Crippen molar-refractivity contribution in [2.75, 3.05) is 5.32 Å². The van der Waals surface area contributed by atoms with Gasteiger partial charge in [-0.1, -0.05) is 13.0 Å². The zero-order chi connectivity index (χ0) is 16.4. The van der Waals surface area contributed by atoms with E-state index in [4.69, 9.17) is 0 Å². The van der Waals surface area contributed by atoms with Crippen LogP contribution < -0.4 is 10.9 Å². The maximum absolute atomic E-state index is 12.4. The lowest BCUT2D eigenvalue weighted by molar-refractivity contribution is 0.102. The van der Waals surface area contributed by atoms with Crippen molar-refractivity contribution in [1.29, 1.82) is 0 Å². The lowest BCUT2D eigenvalue weighted by Crippen LogP contribution is -2.27. The fourth-order valence-electron chi connectivity index (χ4n) is 2.30. The van der Waals surface area contributed by atoms with Crippen LogP contribution in [0.4, 0.5) is 5.82 Å². The van der Waals surface area contributed by atoms with Crippen LogP contribution >= 0.6 is 0 Å². The van der Waals surface area contributed by atoms with Gasteiger partial charge in [0.25, 0.3) is 11.5 Å². The molecule has 0 aromatic carbocycles. The first kappa shape index (κ1) is 15.0. The van der Waals surface area contributed by atoms with E-state index in [1.807, 2.05) is 13.8 Å². The minimum Gasteiger partial charge on any atom is -0.307 e. The van der Waals surface area contributed by atoms with Crippen LogP contribution in [0.2, 0.25) is 0 Å². The molecule has 118 valence electrons. The number of aromatic nitrogens is 4. The van der Waals surface area contributed by atoms with Gasteiger partial charge in [-0.2, -0.15) is 5.10 Å². The molecule has 0 bridgehead atoms. The van der Waals surface area contributed by atoms with Crippen molar-refractivity contribution >= 4 is 17.4 Å². The summed E-state index contributed by atoms with van der Waals surface area (Å²) in [5, 5.41) is 6.94. The SMILES string of the molecule is CCC(C)n1nccc1NC(=O)c1cnc2ccccn2c1=O. The molecule has 0 aliphatic rings. The standard InChI is InChI=1S/C16H17N5O2/c1-3-11(2)21-14(7-8-18-21)19-15(22)12-10-17-13-6-4-5-9-20(13)16(12)23/h4-11H,3H2,1-2H3,(H,19,22). The Morgan fingerprint density at radius 3 is 2.96 bits per heavy atom. The molecular formula is C16H17N5O2. The average Bonchev–Trinajstić information content (AvgIpc) is 3.02. The molecule has 0 saturated heterocycles. The molecule has 0 aliphatic carbocycles. The molecule has 1 atom stereocenters. The van der Waals surface area contributed by atoms with E-state index in [1.54, 1.807) is 41.3 Å². The van der Waals surface area contributed by atoms with E-state index in [1.165, 1.54) is 10.6 Å². The smallest absolute Gasteiger partial charge is 0.270 e. The highest BCUT2D eigenvalue weighted by Gasteiger charge is 2.16. The zero-order valence-corrected chi connectivity index (χ0v) is 12.9. The van der Waals surface area contributed by atoms with E-state index >= 15 is 0 Å². The monoisotopic (exact) mass is 311 g/mol. The van der Waals surface area contributed by atoms with Gasteiger partial charge in [-0.05, 0) is 25.5 Å². The molecule has 7 nitrogen and oxygen atoms in total. The van der Waals surface area contributed by atoms with Crippen LogP contribution in [0.15, 0.2) is 47.7 Å². The minimum atomic E-state index is -0.495. The number of rotatable bonds is 4. The van der Waals surface area contributed by atoms with E-state index in [2.05, 4.69) is 15.4 Å². The van der Waals surface area contributed by atoms with Crippen LogP contribution in [0.1, 0.15) is 36.7 Å². The van der Waals surface area contributed by atoms with Crippen LogP contribution in [-0.2, 0) is 0 Å². The summed E-state index contributed by atoms with van der Waals surface area (Å²) in [6.45, 7) is 4.05. The lowest BCUT2D eigenvalue weighted by atomic mass is 10.2. The second-order valence-electron chi connectivity index (χ2n) is 5.28. The van der Waals surface area contributed by atoms with E-state index in [0.717, 1.165) is 6.42 Å². The molecule has 3 rings (SSSR count). The first-order valence-corrected chi connectivity index (χ1v) is 7.43. The summed E-state index contributed by atoms with van der Waals surface area (Å²) < 4.78 is 3.07. The van der Waals surface area contributed by atoms with Gasteiger partial charge < -0.3 is 5.32 Å². The van der Waals surface area contributed by atoms with Crippen molar-refractivity contribution in [2.24, 2.45) is 0 Å². The first-order chi connectivity index (χ1) is 11.1. The van der Waals surface area contributed by atoms with Gasteiger partial charge in [-0.25, -0.2) is 9.67 Å². The molecular weight excluding hydrogens is 294 g/mol. The minimum absolute atomic E-state index is 0.00870. The molecule has 23 heavy (non-hydrogen) atoms. The Kier molecular flexibility index (Phi) is 3.92. The van der Waals surface area contributed by atoms with Gasteiger partial charge in [0.15, 0.2) is 0 Å². The number of pyridine rings is 1. The Labute approximate surface area is 132 Å². The number of carbonyl (C=O) groups excluding carboxylic acids is 1. The second-order valence-corrected chi connectivity index (χ2v) is 5.28. The molecule has 0 saturated carbocycles. The fraction of sp³-hybridized carbons (Fsp3) is 0.250. The van der Waals surface area contributed by atoms with Crippen molar-refractivity contribution in [3.63, 3.8) is 0 Å². The number of anilines is 1. The quantitative estimate of drug-likeness (QED) is 0.800. The summed E-state index contributed by atoms with van der Waals surface area (Å²) in [4.78, 5) is 29.0. The number of fused-ring (bicyclic) bond motifs is 1. The number of carbonyl (C=O) groups is 1. The van der Waals surface area contributed by atoms with Crippen molar-refractivity contribution < 1.29 is 4.79 Å². The van der Waals surface area contributed by atoms with Gasteiger partial charge >= 0.3 is 0 Å². The highest BCUT2D eigenvalue weighted by molar-refractivity contribution is 6.03. The Bertz CT molecular complexity index is 912. The van der Waals surface area contributed by atoms with Crippen LogP contribution in [0.25, 0.3) is 5.65 Å². The van der Waals surface area contributed by atoms with Crippen LogP contribution in [0.3, 0.4) is 0 Å². The molecule has 0 fully saturated rings. The fourth-order valence-corrected chi connectivity index (χ4v) is 2.30. The normalized spacial score (nSPS) is 12.3. The molecule has 7 heteroatoms. The van der Waals surface area contributed by atoms with E-state index in [0.29, 0.717) is 11.5 Å². The van der Waals surface area contributed by atoms with E-state index in [-0.39, 0.29) is 11.6 Å². The number of hydrogen-bond donors (Lipinski definition) is 1. The highest BCUT2D eigenvalue weighted by atomic mass is 16.2. The topological polar surface area (TPSA) is 81.3 Å². The zero-order valence-electron chi connectivity index (χ0n) is 12.9. The maximum Gasteiger partial charge on any atom is 0.270 e. The van der Waals surface area contributed by atoms with Crippen LogP contribution in [0.5, 0.6) is 0 Å². The predicted octanol–water partition coefficient (Wildman–Crippen LogP) is 2.11. The van der Waals surface area contributed by atoms with Gasteiger partial charge in [0.05, 0.1) is 12.2 Å².